The number of Topliss-reactive ketones (excluding diaryl/α,β-unsaturated/α-hetero) is 1. The molecule has 0 atom stereocenters. The lowest BCUT2D eigenvalue weighted by molar-refractivity contribution is -0.145. The summed E-state index contributed by atoms with van der Waals surface area (Å²) in [4.78, 5) is 23.8. The van der Waals surface area contributed by atoms with E-state index < -0.39 is 0 Å². The minimum Gasteiger partial charge on any atom is -0.461 e. The van der Waals surface area contributed by atoms with Crippen molar-refractivity contribution in [3.63, 3.8) is 0 Å². The van der Waals surface area contributed by atoms with E-state index in [-0.39, 0.29) is 11.8 Å². The van der Waals surface area contributed by atoms with Crippen LogP contribution in [-0.4, -0.2) is 11.8 Å². The van der Waals surface area contributed by atoms with E-state index in [0.717, 1.165) is 47.9 Å². The van der Waals surface area contributed by atoms with Gasteiger partial charge >= 0.3 is 5.97 Å². The van der Waals surface area contributed by atoms with Crippen LogP contribution < -0.4 is 0 Å². The Morgan fingerprint density at radius 1 is 1.00 bits per heavy atom. The van der Waals surface area contributed by atoms with E-state index in [0.29, 0.717) is 19.4 Å². The number of fused-ring (bicyclic) bond motifs is 1. The van der Waals surface area contributed by atoms with E-state index in [1.165, 1.54) is 0 Å². The summed E-state index contributed by atoms with van der Waals surface area (Å²) in [5.74, 6) is 0.0771. The second kappa shape index (κ2) is 7.91. The molecule has 0 radical (unpaired) electrons. The molecule has 2 aromatic rings. The van der Waals surface area contributed by atoms with Crippen molar-refractivity contribution >= 4 is 11.8 Å². The number of esters is 1. The number of ether oxygens (including phenoxy) is 1. The summed E-state index contributed by atoms with van der Waals surface area (Å²) in [5.41, 5.74) is 4.17. The molecule has 0 aromatic heterocycles. The van der Waals surface area contributed by atoms with Gasteiger partial charge in [0.25, 0.3) is 0 Å². The molecule has 24 heavy (non-hydrogen) atoms. The number of hydrogen-bond donors (Lipinski definition) is 0. The van der Waals surface area contributed by atoms with Gasteiger partial charge in [-0.3, -0.25) is 9.59 Å². The van der Waals surface area contributed by atoms with Crippen LogP contribution in [0.25, 0.3) is 0 Å². The van der Waals surface area contributed by atoms with Gasteiger partial charge in [-0.25, -0.2) is 0 Å². The van der Waals surface area contributed by atoms with Crippen molar-refractivity contribution in [1.82, 2.24) is 0 Å². The van der Waals surface area contributed by atoms with Crippen LogP contribution in [-0.2, 0) is 29.0 Å². The van der Waals surface area contributed by atoms with Crippen molar-refractivity contribution < 1.29 is 14.3 Å². The molecule has 2 aromatic carbocycles. The van der Waals surface area contributed by atoms with Gasteiger partial charge in [0.1, 0.15) is 6.61 Å². The Kier molecular flexibility index (Phi) is 5.42. The Hall–Kier alpha value is -2.42. The molecule has 3 heteroatoms. The van der Waals surface area contributed by atoms with Gasteiger partial charge in [-0.1, -0.05) is 42.5 Å². The highest BCUT2D eigenvalue weighted by Gasteiger charge is 2.17. The normalized spacial score (nSPS) is 13.4. The van der Waals surface area contributed by atoms with Gasteiger partial charge < -0.3 is 4.74 Å². The number of rotatable bonds is 6. The number of carbonyl (C=O) groups is 2. The number of ketones is 1. The lowest BCUT2D eigenvalue weighted by Crippen LogP contribution is -2.11. The molecule has 0 spiro atoms. The minimum absolute atomic E-state index is 0.173. The van der Waals surface area contributed by atoms with Gasteiger partial charge in [0, 0.05) is 18.4 Å². The van der Waals surface area contributed by atoms with Crippen molar-refractivity contribution in [2.24, 2.45) is 0 Å². The van der Waals surface area contributed by atoms with Crippen LogP contribution in [0.2, 0.25) is 0 Å². The van der Waals surface area contributed by atoms with Gasteiger partial charge in [-0.15, -0.1) is 0 Å². The average molecular weight is 322 g/mol. The molecule has 0 fully saturated rings. The fraction of sp³-hybridized carbons (Fsp3) is 0.333. The van der Waals surface area contributed by atoms with E-state index >= 15 is 0 Å². The average Bonchev–Trinajstić information content (AvgIpc) is 2.61. The lowest BCUT2D eigenvalue weighted by atomic mass is 9.88. The van der Waals surface area contributed by atoms with E-state index in [9.17, 15) is 9.59 Å². The highest BCUT2D eigenvalue weighted by Crippen LogP contribution is 2.23. The van der Waals surface area contributed by atoms with Crippen LogP contribution in [0.3, 0.4) is 0 Å². The van der Waals surface area contributed by atoms with Crippen LogP contribution in [0.5, 0.6) is 0 Å². The molecule has 1 aliphatic rings. The SMILES string of the molecule is O=C(CCCc1ccc2c(c1)C(=O)CCC2)OCc1ccccc1. The van der Waals surface area contributed by atoms with Crippen LogP contribution in [0.1, 0.15) is 52.7 Å². The van der Waals surface area contributed by atoms with Crippen LogP contribution in [0.4, 0.5) is 0 Å². The number of hydrogen-bond acceptors (Lipinski definition) is 3. The topological polar surface area (TPSA) is 43.4 Å². The van der Waals surface area contributed by atoms with Crippen LogP contribution >= 0.6 is 0 Å². The van der Waals surface area contributed by atoms with E-state index in [1.54, 1.807) is 0 Å². The van der Waals surface area contributed by atoms with E-state index in [1.807, 2.05) is 36.4 Å². The Morgan fingerprint density at radius 2 is 1.83 bits per heavy atom. The highest BCUT2D eigenvalue weighted by molar-refractivity contribution is 5.98. The van der Waals surface area contributed by atoms with Gasteiger partial charge in [-0.05, 0) is 48.4 Å². The summed E-state index contributed by atoms with van der Waals surface area (Å²) in [5, 5.41) is 0. The summed E-state index contributed by atoms with van der Waals surface area (Å²) in [7, 11) is 0. The molecule has 0 bridgehead atoms. The number of benzene rings is 2. The van der Waals surface area contributed by atoms with Crippen molar-refractivity contribution in [3.8, 4) is 0 Å². The maximum atomic E-state index is 12.0. The Morgan fingerprint density at radius 3 is 2.67 bits per heavy atom. The summed E-state index contributed by atoms with van der Waals surface area (Å²) in [6, 6.07) is 15.8. The molecule has 0 saturated carbocycles. The third-order valence-corrected chi connectivity index (χ3v) is 4.41. The third-order valence-electron chi connectivity index (χ3n) is 4.41. The first-order chi connectivity index (χ1) is 11.7. The number of carbonyl (C=O) groups excluding carboxylic acids is 2. The van der Waals surface area contributed by atoms with E-state index in [4.69, 9.17) is 4.74 Å². The monoisotopic (exact) mass is 322 g/mol. The maximum Gasteiger partial charge on any atom is 0.306 e. The fourth-order valence-electron chi connectivity index (χ4n) is 3.08. The zero-order valence-corrected chi connectivity index (χ0v) is 13.8. The molecule has 0 saturated heterocycles. The molecular formula is C21H22O3. The highest BCUT2D eigenvalue weighted by atomic mass is 16.5. The summed E-state index contributed by atoms with van der Waals surface area (Å²) in [6.07, 6.45) is 4.54. The Balaban J connectivity index is 1.45. The summed E-state index contributed by atoms with van der Waals surface area (Å²) < 4.78 is 5.28. The molecule has 0 N–H and O–H groups in total. The lowest BCUT2D eigenvalue weighted by Gasteiger charge is -2.15. The predicted molar refractivity (Wildman–Crippen MR) is 92.9 cm³/mol. The van der Waals surface area contributed by atoms with Crippen molar-refractivity contribution in [1.29, 1.82) is 0 Å². The second-order valence-electron chi connectivity index (χ2n) is 6.27. The second-order valence-corrected chi connectivity index (χ2v) is 6.27. The van der Waals surface area contributed by atoms with Crippen LogP contribution in [0.15, 0.2) is 48.5 Å². The molecule has 3 nitrogen and oxygen atoms in total. The molecule has 3 rings (SSSR count). The van der Waals surface area contributed by atoms with E-state index in [2.05, 4.69) is 12.1 Å². The fourth-order valence-corrected chi connectivity index (χ4v) is 3.08. The molecular weight excluding hydrogens is 300 g/mol. The molecule has 0 heterocycles. The molecule has 0 unspecified atom stereocenters. The first-order valence-electron chi connectivity index (χ1n) is 8.57. The van der Waals surface area contributed by atoms with Gasteiger partial charge in [0.2, 0.25) is 0 Å². The smallest absolute Gasteiger partial charge is 0.306 e. The zero-order valence-electron chi connectivity index (χ0n) is 13.8. The third kappa shape index (κ3) is 4.31. The van der Waals surface area contributed by atoms with Crippen LogP contribution in [0, 0.1) is 0 Å². The Bertz CT molecular complexity index is 719. The van der Waals surface area contributed by atoms with Gasteiger partial charge in [0.15, 0.2) is 5.78 Å². The summed E-state index contributed by atoms with van der Waals surface area (Å²) >= 11 is 0. The maximum absolute atomic E-state index is 12.0. The molecule has 124 valence electrons. The minimum atomic E-state index is -0.173. The molecule has 0 amide bonds. The molecule has 1 aliphatic carbocycles. The van der Waals surface area contributed by atoms with Crippen molar-refractivity contribution in [3.05, 3.63) is 70.8 Å². The van der Waals surface area contributed by atoms with Gasteiger partial charge in [0.05, 0.1) is 0 Å². The Labute approximate surface area is 142 Å². The van der Waals surface area contributed by atoms with Gasteiger partial charge in [-0.2, -0.15) is 0 Å². The first-order valence-corrected chi connectivity index (χ1v) is 8.57. The number of aryl methyl sites for hydroxylation is 2. The van der Waals surface area contributed by atoms with Crippen molar-refractivity contribution in [2.75, 3.05) is 0 Å². The molecule has 0 aliphatic heterocycles. The summed E-state index contributed by atoms with van der Waals surface area (Å²) in [6.45, 7) is 0.326. The van der Waals surface area contributed by atoms with Crippen molar-refractivity contribution in [2.45, 2.75) is 45.1 Å². The first kappa shape index (κ1) is 16.4. The quantitative estimate of drug-likeness (QED) is 0.746. The predicted octanol–water partition coefficient (Wildman–Crippen LogP) is 4.27. The largest absolute Gasteiger partial charge is 0.461 e. The standard InChI is InChI=1S/C21H22O3/c22-20-10-5-9-18-13-12-16(14-19(18)20)8-4-11-21(23)24-15-17-6-2-1-3-7-17/h1-3,6-7,12-14H,4-5,8-11,15H2. The zero-order chi connectivity index (χ0) is 16.8.